The average Bonchev–Trinajstić information content (AvgIpc) is 3.73. The van der Waals surface area contributed by atoms with E-state index >= 15 is 0 Å². The van der Waals surface area contributed by atoms with Crippen molar-refractivity contribution < 1.29 is 26.7 Å². The fraction of sp³-hybridized carbons (Fsp3) is 0.667. The van der Waals surface area contributed by atoms with Gasteiger partial charge in [-0.2, -0.15) is 23.5 Å². The van der Waals surface area contributed by atoms with Crippen LogP contribution in [0.15, 0.2) is 18.5 Å². The molecule has 36 heavy (non-hydrogen) atoms. The van der Waals surface area contributed by atoms with Crippen LogP contribution in [0.3, 0.4) is 0 Å². The van der Waals surface area contributed by atoms with Gasteiger partial charge >= 0.3 is 6.18 Å². The van der Waals surface area contributed by atoms with Crippen molar-refractivity contribution in [1.82, 2.24) is 19.9 Å². The van der Waals surface area contributed by atoms with E-state index in [4.69, 9.17) is 5.73 Å². The van der Waals surface area contributed by atoms with Crippen molar-refractivity contribution in [3.63, 3.8) is 0 Å². The number of nitriles is 1. The van der Waals surface area contributed by atoms with Crippen LogP contribution >= 0.6 is 0 Å². The molecule has 0 aromatic carbocycles. The van der Waals surface area contributed by atoms with Gasteiger partial charge in [0.2, 0.25) is 11.8 Å². The maximum Gasteiger partial charge on any atom is 0.395 e. The zero-order valence-corrected chi connectivity index (χ0v) is 19.5. The second-order valence-corrected chi connectivity index (χ2v) is 10.7. The lowest BCUT2D eigenvalue weighted by Gasteiger charge is -2.31. The largest absolute Gasteiger partial charge is 0.395 e. The van der Waals surface area contributed by atoms with E-state index in [-0.39, 0.29) is 31.6 Å². The molecule has 0 spiro atoms. The van der Waals surface area contributed by atoms with Crippen molar-refractivity contribution >= 4 is 11.6 Å². The van der Waals surface area contributed by atoms with Crippen LogP contribution in [0.4, 0.5) is 22.0 Å². The monoisotopic (exact) mass is 510 g/mol. The lowest BCUT2D eigenvalue weighted by molar-refractivity contribution is -0.190. The number of nitrogens with zero attached hydrogens (tertiary/aromatic N) is 4. The molecule has 1 amide bonds. The van der Waals surface area contributed by atoms with E-state index in [1.807, 2.05) is 0 Å². The van der Waals surface area contributed by atoms with Gasteiger partial charge in [0.25, 0.3) is 0 Å². The third-order valence-corrected chi connectivity index (χ3v) is 8.13. The maximum atomic E-state index is 13.5. The second kappa shape index (κ2) is 8.36. The summed E-state index contributed by atoms with van der Waals surface area (Å²) in [6, 6.07) is 2.47. The predicted molar refractivity (Wildman–Crippen MR) is 117 cm³/mol. The smallest absolute Gasteiger partial charge is 0.348 e. The number of carbonyl (C=O) groups excluding carboxylic acids is 1. The van der Waals surface area contributed by atoms with Gasteiger partial charge in [-0.05, 0) is 56.1 Å². The molecule has 0 radical (unpaired) electrons. The molecule has 3 aliphatic carbocycles. The van der Waals surface area contributed by atoms with Gasteiger partial charge in [-0.15, -0.1) is 0 Å². The van der Waals surface area contributed by atoms with E-state index in [2.05, 4.69) is 21.5 Å². The Morgan fingerprint density at radius 2 is 1.89 bits per heavy atom. The minimum absolute atomic E-state index is 0.0821. The van der Waals surface area contributed by atoms with Crippen molar-refractivity contribution in [3.05, 3.63) is 29.7 Å². The average molecular weight is 511 g/mol. The summed E-state index contributed by atoms with van der Waals surface area (Å²) in [5, 5.41) is 16.7. The Morgan fingerprint density at radius 1 is 1.22 bits per heavy atom. The first-order chi connectivity index (χ1) is 16.9. The van der Waals surface area contributed by atoms with Crippen LogP contribution in [0, 0.1) is 28.1 Å². The number of amides is 1. The molecule has 2 heterocycles. The highest BCUT2D eigenvalue weighted by molar-refractivity contribution is 5.78. The highest BCUT2D eigenvalue weighted by Gasteiger charge is 2.64. The molecule has 0 aliphatic heterocycles. The van der Waals surface area contributed by atoms with Gasteiger partial charge in [0.1, 0.15) is 0 Å². The lowest BCUT2D eigenvalue weighted by Crippen LogP contribution is -2.38. The van der Waals surface area contributed by atoms with Gasteiger partial charge < -0.3 is 11.1 Å². The van der Waals surface area contributed by atoms with E-state index < -0.39 is 47.3 Å². The number of hydrogen-bond donors (Lipinski definition) is 2. The van der Waals surface area contributed by atoms with Gasteiger partial charge in [0.05, 0.1) is 47.1 Å². The van der Waals surface area contributed by atoms with E-state index in [0.29, 0.717) is 42.6 Å². The SMILES string of the molecule is N#CC1([C@H](NC(=O)CC2(C(F)(F)F)CC2)c2cnn3cc([C@@H](N)C4CCC(F)(F)CC4)nc3c2)CC1. The first kappa shape index (κ1) is 24.9. The summed E-state index contributed by atoms with van der Waals surface area (Å²) in [6.07, 6.45) is -1.05. The number of fused-ring (bicyclic) bond motifs is 1. The van der Waals surface area contributed by atoms with Crippen molar-refractivity contribution in [2.24, 2.45) is 22.5 Å². The van der Waals surface area contributed by atoms with Gasteiger partial charge in [-0.3, -0.25) is 4.79 Å². The number of halogens is 5. The van der Waals surface area contributed by atoms with E-state index in [1.165, 1.54) is 10.7 Å². The number of nitrogens with one attached hydrogen (secondary N) is 1. The molecular formula is C24H27F5N6O. The van der Waals surface area contributed by atoms with Crippen LogP contribution in [-0.2, 0) is 4.79 Å². The van der Waals surface area contributed by atoms with Crippen molar-refractivity contribution in [2.45, 2.75) is 82.0 Å². The van der Waals surface area contributed by atoms with Gasteiger partial charge in [0, 0.05) is 19.3 Å². The Kier molecular flexibility index (Phi) is 5.78. The summed E-state index contributed by atoms with van der Waals surface area (Å²) >= 11 is 0. The highest BCUT2D eigenvalue weighted by Crippen LogP contribution is 2.60. The molecule has 5 rings (SSSR count). The Labute approximate surface area is 204 Å². The normalized spacial score (nSPS) is 24.0. The number of alkyl halides is 5. The fourth-order valence-electron chi connectivity index (χ4n) is 5.26. The molecule has 3 fully saturated rings. The summed E-state index contributed by atoms with van der Waals surface area (Å²) in [4.78, 5) is 17.2. The number of carbonyl (C=O) groups is 1. The maximum absolute atomic E-state index is 13.5. The van der Waals surface area contributed by atoms with Crippen LogP contribution in [0.25, 0.3) is 5.65 Å². The summed E-state index contributed by atoms with van der Waals surface area (Å²) < 4.78 is 68.6. The predicted octanol–water partition coefficient (Wildman–Crippen LogP) is 4.75. The minimum atomic E-state index is -4.45. The molecule has 3 N–H and O–H groups in total. The topological polar surface area (TPSA) is 109 Å². The quantitative estimate of drug-likeness (QED) is 0.523. The molecule has 2 atom stereocenters. The number of nitrogens with two attached hydrogens (primary N) is 1. The number of hydrogen-bond acceptors (Lipinski definition) is 5. The second-order valence-electron chi connectivity index (χ2n) is 10.7. The minimum Gasteiger partial charge on any atom is -0.348 e. The van der Waals surface area contributed by atoms with E-state index in [1.54, 1.807) is 12.3 Å². The lowest BCUT2D eigenvalue weighted by atomic mass is 9.81. The van der Waals surface area contributed by atoms with Crippen molar-refractivity contribution in [2.75, 3.05) is 0 Å². The first-order valence-electron chi connectivity index (χ1n) is 12.1. The zero-order valence-electron chi connectivity index (χ0n) is 19.5. The Bertz CT molecular complexity index is 1200. The summed E-state index contributed by atoms with van der Waals surface area (Å²) in [5.41, 5.74) is 4.81. The summed E-state index contributed by atoms with van der Waals surface area (Å²) in [7, 11) is 0. The first-order valence-corrected chi connectivity index (χ1v) is 12.1. The van der Waals surface area contributed by atoms with Gasteiger partial charge in [-0.1, -0.05) is 0 Å². The van der Waals surface area contributed by atoms with Gasteiger partial charge in [-0.25, -0.2) is 18.3 Å². The van der Waals surface area contributed by atoms with Crippen LogP contribution in [-0.4, -0.2) is 32.6 Å². The molecule has 0 bridgehead atoms. The summed E-state index contributed by atoms with van der Waals surface area (Å²) in [6.45, 7) is 0. The Morgan fingerprint density at radius 3 is 2.44 bits per heavy atom. The molecule has 0 saturated heterocycles. The van der Waals surface area contributed by atoms with Crippen molar-refractivity contribution in [1.29, 1.82) is 5.26 Å². The Hall–Kier alpha value is -2.81. The third-order valence-electron chi connectivity index (χ3n) is 8.13. The summed E-state index contributed by atoms with van der Waals surface area (Å²) in [5.74, 6) is -3.56. The zero-order chi connectivity index (χ0) is 25.9. The number of rotatable bonds is 7. The molecule has 0 unspecified atom stereocenters. The van der Waals surface area contributed by atoms with Crippen LogP contribution < -0.4 is 11.1 Å². The Balaban J connectivity index is 1.36. The standard InChI is InChI=1S/C24H27F5N6O/c25-23(26)3-1-14(2-4-23)19(31)16-12-35-17(33-16)9-15(11-32-35)20(21(13-30)5-6-21)34-18(36)10-22(7-8-22)24(27,28)29/h9,11-12,14,19-20H,1-8,10,31H2,(H,34,36)/t19-,20+/m0/s1. The molecular weight excluding hydrogens is 483 g/mol. The van der Waals surface area contributed by atoms with Crippen LogP contribution in [0.5, 0.6) is 0 Å². The third kappa shape index (κ3) is 4.53. The molecule has 2 aromatic rings. The number of aromatic nitrogens is 3. The van der Waals surface area contributed by atoms with E-state index in [0.717, 1.165) is 0 Å². The molecule has 12 heteroatoms. The molecule has 3 saturated carbocycles. The molecule has 7 nitrogen and oxygen atoms in total. The molecule has 3 aliphatic rings. The highest BCUT2D eigenvalue weighted by atomic mass is 19.4. The van der Waals surface area contributed by atoms with Crippen LogP contribution in [0.1, 0.15) is 81.1 Å². The van der Waals surface area contributed by atoms with Gasteiger partial charge in [0.15, 0.2) is 5.65 Å². The number of imidazole rings is 1. The van der Waals surface area contributed by atoms with Crippen LogP contribution in [0.2, 0.25) is 0 Å². The van der Waals surface area contributed by atoms with Crippen molar-refractivity contribution in [3.8, 4) is 6.07 Å². The molecule has 2 aromatic heterocycles. The molecule has 194 valence electrons. The fourth-order valence-corrected chi connectivity index (χ4v) is 5.26. The van der Waals surface area contributed by atoms with E-state index in [9.17, 15) is 32.0 Å².